The molecule has 0 spiro atoms. The van der Waals surface area contributed by atoms with Gasteiger partial charge in [-0.15, -0.1) is 0 Å². The minimum Gasteiger partial charge on any atom is -0.390 e. The van der Waals surface area contributed by atoms with E-state index in [4.69, 9.17) is 10.5 Å². The highest BCUT2D eigenvalue weighted by Crippen LogP contribution is 2.22. The Kier molecular flexibility index (Phi) is 8.11. The van der Waals surface area contributed by atoms with Crippen LogP contribution in [0.5, 0.6) is 0 Å². The monoisotopic (exact) mass is 437 g/mol. The van der Waals surface area contributed by atoms with E-state index in [1.54, 1.807) is 12.2 Å². The van der Waals surface area contributed by atoms with Gasteiger partial charge in [0.1, 0.15) is 17.6 Å². The van der Waals surface area contributed by atoms with Crippen LogP contribution in [0.15, 0.2) is 30.4 Å². The standard InChI is InChI=1S/C22H29F2N3O4/c23-14-7-13(8-15(24)10-14)9-19-20(28)12-26-16-4-5-17(11-16)31-6-2-1-3-18(21(25)29)22(30)27-19/h1-2,7-8,10,16-20,26,28H,3-6,9,11-12H2,(H2,25,29)(H,27,30)/t16-,17+,18+,19+,20-/m1/s1. The summed E-state index contributed by atoms with van der Waals surface area (Å²) in [5.41, 5.74) is 5.68. The highest BCUT2D eigenvalue weighted by atomic mass is 19.1. The van der Waals surface area contributed by atoms with E-state index in [1.807, 2.05) is 0 Å². The van der Waals surface area contributed by atoms with Gasteiger partial charge in [-0.05, 0) is 49.8 Å². The van der Waals surface area contributed by atoms with Crippen LogP contribution in [-0.4, -0.2) is 54.4 Å². The molecule has 0 unspecified atom stereocenters. The molecule has 9 heteroatoms. The second-order valence-corrected chi connectivity index (χ2v) is 8.20. The smallest absolute Gasteiger partial charge is 0.233 e. The number of halogens is 2. The van der Waals surface area contributed by atoms with Gasteiger partial charge in [0, 0.05) is 18.7 Å². The Morgan fingerprint density at radius 2 is 1.94 bits per heavy atom. The fraction of sp³-hybridized carbons (Fsp3) is 0.545. The number of amides is 2. The molecule has 7 nitrogen and oxygen atoms in total. The molecule has 170 valence electrons. The Labute approximate surface area is 180 Å². The third-order valence-electron chi connectivity index (χ3n) is 5.80. The first-order valence-electron chi connectivity index (χ1n) is 10.5. The average molecular weight is 437 g/mol. The summed E-state index contributed by atoms with van der Waals surface area (Å²) >= 11 is 0. The largest absolute Gasteiger partial charge is 0.390 e. The van der Waals surface area contributed by atoms with Gasteiger partial charge in [-0.2, -0.15) is 0 Å². The molecule has 1 fully saturated rings. The van der Waals surface area contributed by atoms with E-state index in [9.17, 15) is 23.5 Å². The number of benzene rings is 1. The first-order valence-corrected chi connectivity index (χ1v) is 10.5. The number of aliphatic hydroxyl groups excluding tert-OH is 1. The molecule has 2 aliphatic rings. The molecule has 0 radical (unpaired) electrons. The lowest BCUT2D eigenvalue weighted by Crippen LogP contribution is -2.52. The van der Waals surface area contributed by atoms with Gasteiger partial charge in [0.05, 0.1) is 24.9 Å². The molecule has 5 atom stereocenters. The molecule has 3 rings (SSSR count). The van der Waals surface area contributed by atoms with Crippen molar-refractivity contribution in [3.63, 3.8) is 0 Å². The van der Waals surface area contributed by atoms with Gasteiger partial charge in [0.15, 0.2) is 0 Å². The molecule has 2 amide bonds. The Bertz CT molecular complexity index is 800. The highest BCUT2D eigenvalue weighted by molar-refractivity contribution is 5.99. The fourth-order valence-electron chi connectivity index (χ4n) is 4.10. The Hall–Kier alpha value is -2.36. The van der Waals surface area contributed by atoms with Gasteiger partial charge >= 0.3 is 0 Å². The number of allylic oxidation sites excluding steroid dienone is 1. The number of aliphatic hydroxyl groups is 1. The number of carbonyl (C=O) groups is 2. The lowest BCUT2D eigenvalue weighted by Gasteiger charge is -2.27. The van der Waals surface area contributed by atoms with Gasteiger partial charge in [0.2, 0.25) is 11.8 Å². The third-order valence-corrected chi connectivity index (χ3v) is 5.80. The van der Waals surface area contributed by atoms with Gasteiger partial charge in [-0.1, -0.05) is 12.2 Å². The molecule has 1 saturated carbocycles. The zero-order chi connectivity index (χ0) is 22.4. The van der Waals surface area contributed by atoms with Crippen LogP contribution < -0.4 is 16.4 Å². The van der Waals surface area contributed by atoms with E-state index in [2.05, 4.69) is 10.6 Å². The number of β-amino-alcohol motifs (C(OH)–C–C–N with tert-alkyl or cyclic N) is 1. The number of rotatable bonds is 3. The van der Waals surface area contributed by atoms with E-state index in [0.29, 0.717) is 6.61 Å². The summed E-state index contributed by atoms with van der Waals surface area (Å²) in [6.07, 6.45) is 5.15. The molecular weight excluding hydrogens is 408 g/mol. The lowest BCUT2D eigenvalue weighted by atomic mass is 9.97. The second-order valence-electron chi connectivity index (χ2n) is 8.20. The van der Waals surface area contributed by atoms with Crippen LogP contribution in [0.4, 0.5) is 8.78 Å². The van der Waals surface area contributed by atoms with Crippen LogP contribution in [0.1, 0.15) is 31.2 Å². The highest BCUT2D eigenvalue weighted by Gasteiger charge is 2.31. The topological polar surface area (TPSA) is 114 Å². The molecule has 2 bridgehead atoms. The SMILES string of the molecule is NC(=O)[C@@H]1CC=CCO[C@H]2CC[C@H](C2)NC[C@@H](O)[C@H](Cc2cc(F)cc(F)c2)NC1=O. The van der Waals surface area contributed by atoms with Crippen LogP contribution >= 0.6 is 0 Å². The van der Waals surface area contributed by atoms with Gasteiger partial charge in [-0.3, -0.25) is 9.59 Å². The quantitative estimate of drug-likeness (QED) is 0.415. The van der Waals surface area contributed by atoms with Crippen LogP contribution in [0.25, 0.3) is 0 Å². The van der Waals surface area contributed by atoms with Crippen molar-refractivity contribution in [2.24, 2.45) is 11.7 Å². The number of carbonyl (C=O) groups excluding carboxylic acids is 2. The first kappa shape index (κ1) is 23.3. The molecule has 31 heavy (non-hydrogen) atoms. The van der Waals surface area contributed by atoms with Gasteiger partial charge < -0.3 is 26.2 Å². The van der Waals surface area contributed by atoms with Gasteiger partial charge in [-0.25, -0.2) is 8.78 Å². The number of nitrogens with one attached hydrogen (secondary N) is 2. The summed E-state index contributed by atoms with van der Waals surface area (Å²) in [5, 5.41) is 16.7. The fourth-order valence-corrected chi connectivity index (χ4v) is 4.10. The number of primary amides is 1. The minimum absolute atomic E-state index is 0.0129. The van der Waals surface area contributed by atoms with E-state index in [-0.39, 0.29) is 37.1 Å². The number of hydrogen-bond acceptors (Lipinski definition) is 5. The molecule has 0 saturated heterocycles. The minimum atomic E-state index is -1.13. The molecule has 1 aliphatic carbocycles. The summed E-state index contributed by atoms with van der Waals surface area (Å²) in [7, 11) is 0. The van der Waals surface area contributed by atoms with Crippen molar-refractivity contribution in [3.05, 3.63) is 47.5 Å². The van der Waals surface area contributed by atoms with Crippen molar-refractivity contribution in [3.8, 4) is 0 Å². The number of nitrogens with two attached hydrogens (primary N) is 1. The zero-order valence-electron chi connectivity index (χ0n) is 17.2. The van der Waals surface area contributed by atoms with E-state index < -0.39 is 41.5 Å². The number of ether oxygens (including phenoxy) is 1. The second kappa shape index (κ2) is 10.8. The van der Waals surface area contributed by atoms with Crippen molar-refractivity contribution in [1.29, 1.82) is 0 Å². The molecule has 5 N–H and O–H groups in total. The van der Waals surface area contributed by atoms with E-state index in [0.717, 1.165) is 37.5 Å². The summed E-state index contributed by atoms with van der Waals surface area (Å²) in [6.45, 7) is 0.542. The zero-order valence-corrected chi connectivity index (χ0v) is 17.2. The summed E-state index contributed by atoms with van der Waals surface area (Å²) in [6, 6.07) is 2.35. The molecule has 1 aromatic rings. The summed E-state index contributed by atoms with van der Waals surface area (Å²) < 4.78 is 33.1. The first-order chi connectivity index (χ1) is 14.8. The Morgan fingerprint density at radius 1 is 1.19 bits per heavy atom. The van der Waals surface area contributed by atoms with Crippen molar-refractivity contribution in [1.82, 2.24) is 10.6 Å². The number of hydrogen-bond donors (Lipinski definition) is 4. The lowest BCUT2D eigenvalue weighted by molar-refractivity contribution is -0.134. The van der Waals surface area contributed by atoms with Crippen LogP contribution in [0.3, 0.4) is 0 Å². The molecule has 1 aromatic carbocycles. The van der Waals surface area contributed by atoms with Crippen LogP contribution in [-0.2, 0) is 20.7 Å². The van der Waals surface area contributed by atoms with E-state index >= 15 is 0 Å². The van der Waals surface area contributed by atoms with Gasteiger partial charge in [0.25, 0.3) is 0 Å². The van der Waals surface area contributed by atoms with Crippen molar-refractivity contribution < 1.29 is 28.2 Å². The average Bonchev–Trinajstić information content (AvgIpc) is 3.14. The maximum atomic E-state index is 13.6. The van der Waals surface area contributed by atoms with Crippen molar-refractivity contribution >= 4 is 11.8 Å². The predicted molar refractivity (Wildman–Crippen MR) is 110 cm³/mol. The van der Waals surface area contributed by atoms with Crippen LogP contribution in [0.2, 0.25) is 0 Å². The molecule has 1 heterocycles. The van der Waals surface area contributed by atoms with Crippen LogP contribution in [0, 0.1) is 17.6 Å². The molecule has 1 aliphatic heterocycles. The normalized spacial score (nSPS) is 30.3. The maximum absolute atomic E-state index is 13.6. The summed E-state index contributed by atoms with van der Waals surface area (Å²) in [5.74, 6) is -4.07. The van der Waals surface area contributed by atoms with Crippen molar-refractivity contribution in [2.75, 3.05) is 13.2 Å². The van der Waals surface area contributed by atoms with Crippen molar-refractivity contribution in [2.45, 2.75) is 56.4 Å². The molecule has 0 aromatic heterocycles. The Balaban J connectivity index is 1.81. The Morgan fingerprint density at radius 3 is 2.65 bits per heavy atom. The number of fused-ring (bicyclic) bond motifs is 2. The summed E-state index contributed by atoms with van der Waals surface area (Å²) in [4.78, 5) is 24.6. The maximum Gasteiger partial charge on any atom is 0.233 e. The predicted octanol–water partition coefficient (Wildman–Crippen LogP) is 0.942. The third kappa shape index (κ3) is 6.81. The molecular formula is C22H29F2N3O4. The van der Waals surface area contributed by atoms with E-state index in [1.165, 1.54) is 0 Å².